The van der Waals surface area contributed by atoms with Gasteiger partial charge in [0.25, 0.3) is 0 Å². The van der Waals surface area contributed by atoms with Crippen LogP contribution in [0.1, 0.15) is 22.6 Å². The fourth-order valence-corrected chi connectivity index (χ4v) is 3.00. The first-order chi connectivity index (χ1) is 11.9. The van der Waals surface area contributed by atoms with E-state index in [1.54, 1.807) is 12.1 Å². The van der Waals surface area contributed by atoms with E-state index in [-0.39, 0.29) is 12.7 Å². The minimum Gasteiger partial charge on any atom is -0.462 e. The predicted molar refractivity (Wildman–Crippen MR) is 84.8 cm³/mol. The fraction of sp³-hybridized carbons (Fsp3) is 0.444. The molecular weight excluding hydrogens is 335 g/mol. The minimum absolute atomic E-state index is 0.138. The van der Waals surface area contributed by atoms with Crippen LogP contribution in [-0.2, 0) is 30.5 Å². The summed E-state index contributed by atoms with van der Waals surface area (Å²) in [5.74, 6) is 1.27. The highest BCUT2D eigenvalue weighted by atomic mass is 19.4. The van der Waals surface area contributed by atoms with Gasteiger partial charge in [-0.15, -0.1) is 0 Å². The summed E-state index contributed by atoms with van der Waals surface area (Å²) in [4.78, 5) is 2.14. The number of furan rings is 1. The summed E-state index contributed by atoms with van der Waals surface area (Å²) < 4.78 is 49.6. The van der Waals surface area contributed by atoms with Gasteiger partial charge in [0.05, 0.1) is 24.8 Å². The van der Waals surface area contributed by atoms with E-state index in [0.717, 1.165) is 18.4 Å². The van der Waals surface area contributed by atoms with Crippen LogP contribution in [0.5, 0.6) is 0 Å². The van der Waals surface area contributed by atoms with Crippen LogP contribution in [0.15, 0.2) is 40.8 Å². The molecular formula is C18H20F3NO3. The number of hydrogen-bond donors (Lipinski definition) is 1. The SMILES string of the molecule is OCc1ccc(CN2CCO[C@H](Cc3cccc(C(F)(F)F)c3)C2)o1. The van der Waals surface area contributed by atoms with E-state index >= 15 is 0 Å². The molecule has 0 saturated carbocycles. The molecule has 1 aromatic heterocycles. The van der Waals surface area contributed by atoms with Crippen LogP contribution in [0.25, 0.3) is 0 Å². The summed E-state index contributed by atoms with van der Waals surface area (Å²) in [5, 5.41) is 9.04. The highest BCUT2D eigenvalue weighted by Gasteiger charge is 2.30. The molecule has 1 N–H and O–H groups in total. The van der Waals surface area contributed by atoms with Crippen molar-refractivity contribution in [3.05, 3.63) is 59.0 Å². The molecule has 136 valence electrons. The van der Waals surface area contributed by atoms with Gasteiger partial charge >= 0.3 is 6.18 Å². The quantitative estimate of drug-likeness (QED) is 0.895. The monoisotopic (exact) mass is 355 g/mol. The number of halogens is 3. The molecule has 0 aliphatic carbocycles. The summed E-state index contributed by atoms with van der Waals surface area (Å²) in [7, 11) is 0. The van der Waals surface area contributed by atoms with Crippen LogP contribution in [0.3, 0.4) is 0 Å². The minimum atomic E-state index is -4.33. The molecule has 0 bridgehead atoms. The fourth-order valence-electron chi connectivity index (χ4n) is 3.00. The number of ether oxygens (including phenoxy) is 1. The van der Waals surface area contributed by atoms with E-state index in [2.05, 4.69) is 4.90 Å². The van der Waals surface area contributed by atoms with E-state index in [1.807, 2.05) is 6.07 Å². The Balaban J connectivity index is 1.60. The van der Waals surface area contributed by atoms with Crippen molar-refractivity contribution in [3.8, 4) is 0 Å². The van der Waals surface area contributed by atoms with Crippen molar-refractivity contribution in [2.24, 2.45) is 0 Å². The van der Waals surface area contributed by atoms with Gasteiger partial charge in [-0.2, -0.15) is 13.2 Å². The van der Waals surface area contributed by atoms with Crippen molar-refractivity contribution in [1.82, 2.24) is 4.90 Å². The number of aliphatic hydroxyl groups is 1. The Morgan fingerprint density at radius 3 is 2.68 bits per heavy atom. The van der Waals surface area contributed by atoms with Gasteiger partial charge < -0.3 is 14.3 Å². The van der Waals surface area contributed by atoms with E-state index in [9.17, 15) is 13.2 Å². The van der Waals surface area contributed by atoms with Crippen molar-refractivity contribution in [3.63, 3.8) is 0 Å². The van der Waals surface area contributed by atoms with Gasteiger partial charge in [0.15, 0.2) is 0 Å². The van der Waals surface area contributed by atoms with Gasteiger partial charge in [0, 0.05) is 13.1 Å². The Hall–Kier alpha value is -1.83. The lowest BCUT2D eigenvalue weighted by Crippen LogP contribution is -2.42. The zero-order chi connectivity index (χ0) is 17.9. The number of alkyl halides is 3. The molecule has 1 saturated heterocycles. The van der Waals surface area contributed by atoms with Gasteiger partial charge in [-0.05, 0) is 30.2 Å². The number of hydrogen-bond acceptors (Lipinski definition) is 4. The molecule has 1 aromatic carbocycles. The topological polar surface area (TPSA) is 45.8 Å². The van der Waals surface area contributed by atoms with Crippen molar-refractivity contribution < 1.29 is 27.4 Å². The molecule has 1 atom stereocenters. The number of rotatable bonds is 5. The Kier molecular flexibility index (Phi) is 5.46. The highest BCUT2D eigenvalue weighted by molar-refractivity contribution is 5.26. The molecule has 25 heavy (non-hydrogen) atoms. The third-order valence-electron chi connectivity index (χ3n) is 4.19. The van der Waals surface area contributed by atoms with Crippen LogP contribution in [-0.4, -0.2) is 35.8 Å². The van der Waals surface area contributed by atoms with Crippen molar-refractivity contribution >= 4 is 0 Å². The summed E-state index contributed by atoms with van der Waals surface area (Å²) in [6, 6.07) is 8.93. The second-order valence-corrected chi connectivity index (χ2v) is 6.16. The molecule has 1 aliphatic rings. The van der Waals surface area contributed by atoms with Crippen LogP contribution in [0.2, 0.25) is 0 Å². The standard InChI is InChI=1S/C18H20F3NO3/c19-18(20,21)14-3-1-2-13(8-14)9-17-11-22(6-7-24-17)10-15-4-5-16(12-23)25-15/h1-5,8,17,23H,6-7,9-12H2/t17-/m1/s1. The number of aliphatic hydroxyl groups excluding tert-OH is 1. The Labute approximate surface area is 143 Å². The van der Waals surface area contributed by atoms with Gasteiger partial charge in [0.2, 0.25) is 0 Å². The van der Waals surface area contributed by atoms with Crippen LogP contribution >= 0.6 is 0 Å². The van der Waals surface area contributed by atoms with Crippen LogP contribution < -0.4 is 0 Å². The maximum absolute atomic E-state index is 12.8. The van der Waals surface area contributed by atoms with Crippen LogP contribution in [0, 0.1) is 0 Å². The molecule has 2 heterocycles. The van der Waals surface area contributed by atoms with E-state index in [0.29, 0.717) is 37.4 Å². The lowest BCUT2D eigenvalue weighted by Gasteiger charge is -2.32. The maximum Gasteiger partial charge on any atom is 0.416 e. The zero-order valence-corrected chi connectivity index (χ0v) is 13.6. The largest absolute Gasteiger partial charge is 0.462 e. The number of morpholine rings is 1. The first kappa shape index (κ1) is 18.0. The van der Waals surface area contributed by atoms with E-state index in [4.69, 9.17) is 14.3 Å². The molecule has 3 rings (SSSR count). The van der Waals surface area contributed by atoms with Gasteiger partial charge in [-0.3, -0.25) is 4.90 Å². The first-order valence-electron chi connectivity index (χ1n) is 8.12. The molecule has 0 unspecified atom stereocenters. The first-order valence-corrected chi connectivity index (χ1v) is 8.12. The Morgan fingerprint density at radius 2 is 1.96 bits per heavy atom. The second kappa shape index (κ2) is 7.59. The van der Waals surface area contributed by atoms with Crippen molar-refractivity contribution in [2.75, 3.05) is 19.7 Å². The molecule has 7 heteroatoms. The summed E-state index contributed by atoms with van der Waals surface area (Å²) in [6.07, 6.45) is -4.07. The highest BCUT2D eigenvalue weighted by Crippen LogP contribution is 2.30. The van der Waals surface area contributed by atoms with Crippen LogP contribution in [0.4, 0.5) is 13.2 Å². The molecule has 4 nitrogen and oxygen atoms in total. The normalized spacial score (nSPS) is 19.3. The third-order valence-corrected chi connectivity index (χ3v) is 4.19. The third kappa shape index (κ3) is 4.84. The van der Waals surface area contributed by atoms with E-state index < -0.39 is 11.7 Å². The summed E-state index contributed by atoms with van der Waals surface area (Å²) in [6.45, 7) is 2.32. The molecule has 2 aromatic rings. The average Bonchev–Trinajstić information content (AvgIpc) is 3.02. The zero-order valence-electron chi connectivity index (χ0n) is 13.6. The average molecular weight is 355 g/mol. The molecule has 0 amide bonds. The smallest absolute Gasteiger partial charge is 0.416 e. The number of nitrogens with zero attached hydrogens (tertiary/aromatic N) is 1. The molecule has 0 radical (unpaired) electrons. The molecule has 1 fully saturated rings. The molecule has 0 spiro atoms. The molecule has 1 aliphatic heterocycles. The van der Waals surface area contributed by atoms with Gasteiger partial charge in [-0.25, -0.2) is 0 Å². The van der Waals surface area contributed by atoms with Gasteiger partial charge in [-0.1, -0.05) is 18.2 Å². The van der Waals surface area contributed by atoms with Crippen molar-refractivity contribution in [2.45, 2.75) is 31.9 Å². The lowest BCUT2D eigenvalue weighted by molar-refractivity contribution is -0.137. The number of benzene rings is 1. The predicted octanol–water partition coefficient (Wildman–Crippen LogP) is 3.23. The summed E-state index contributed by atoms with van der Waals surface area (Å²) >= 11 is 0. The van der Waals surface area contributed by atoms with Gasteiger partial charge in [0.1, 0.15) is 18.1 Å². The lowest BCUT2D eigenvalue weighted by atomic mass is 10.0. The Bertz CT molecular complexity index is 699. The Morgan fingerprint density at radius 1 is 1.16 bits per heavy atom. The van der Waals surface area contributed by atoms with E-state index in [1.165, 1.54) is 12.1 Å². The summed E-state index contributed by atoms with van der Waals surface area (Å²) in [5.41, 5.74) is -0.0213. The second-order valence-electron chi connectivity index (χ2n) is 6.16. The van der Waals surface area contributed by atoms with Crippen molar-refractivity contribution in [1.29, 1.82) is 0 Å². The maximum atomic E-state index is 12.8.